The Morgan fingerprint density at radius 1 is 0.867 bits per heavy atom. The van der Waals surface area contributed by atoms with E-state index in [4.69, 9.17) is 21.7 Å². The van der Waals surface area contributed by atoms with E-state index in [-0.39, 0.29) is 0 Å². The van der Waals surface area contributed by atoms with Crippen LogP contribution in [0.5, 0.6) is 11.5 Å². The van der Waals surface area contributed by atoms with Crippen LogP contribution < -0.4 is 20.2 Å². The molecule has 30 heavy (non-hydrogen) atoms. The first-order valence-electron chi connectivity index (χ1n) is 9.41. The number of nitrogens with zero attached hydrogens (tertiary/aromatic N) is 1. The molecule has 0 bridgehead atoms. The number of thiocarbonyl (C=S) groups is 1. The second-order valence-corrected chi connectivity index (χ2v) is 7.58. The van der Waals surface area contributed by atoms with Gasteiger partial charge in [0.15, 0.2) is 5.11 Å². The first-order valence-corrected chi connectivity index (χ1v) is 10.6. The summed E-state index contributed by atoms with van der Waals surface area (Å²) in [4.78, 5) is 0. The lowest BCUT2D eigenvalue weighted by atomic mass is 10.2. The van der Waals surface area contributed by atoms with E-state index < -0.39 is 0 Å². The van der Waals surface area contributed by atoms with Crippen molar-refractivity contribution in [3.05, 3.63) is 94.5 Å². The summed E-state index contributed by atoms with van der Waals surface area (Å²) in [5, 5.41) is 7.74. The molecule has 0 aliphatic rings. The molecule has 3 aromatic carbocycles. The summed E-state index contributed by atoms with van der Waals surface area (Å²) in [5.41, 5.74) is 4.91. The number of halogens is 1. The molecule has 0 aliphatic carbocycles. The molecular weight excluding hydrogens is 462 g/mol. The van der Waals surface area contributed by atoms with Gasteiger partial charge in [-0.1, -0.05) is 46.3 Å². The van der Waals surface area contributed by atoms with Crippen LogP contribution in [0.25, 0.3) is 0 Å². The van der Waals surface area contributed by atoms with Crippen LogP contribution in [0.1, 0.15) is 11.1 Å². The number of hydrogen-bond donors (Lipinski definition) is 2. The maximum absolute atomic E-state index is 5.70. The van der Waals surface area contributed by atoms with E-state index in [1.165, 1.54) is 0 Å². The second-order valence-electron chi connectivity index (χ2n) is 6.26. The first-order chi connectivity index (χ1) is 14.7. The van der Waals surface area contributed by atoms with Crippen LogP contribution in [0, 0.1) is 0 Å². The number of benzene rings is 3. The van der Waals surface area contributed by atoms with Gasteiger partial charge in [-0.2, -0.15) is 5.10 Å². The lowest BCUT2D eigenvalue weighted by molar-refractivity contribution is 0.217. The van der Waals surface area contributed by atoms with Crippen molar-refractivity contribution in [1.82, 2.24) is 10.7 Å². The lowest BCUT2D eigenvalue weighted by Crippen LogP contribution is -2.31. The Labute approximate surface area is 190 Å². The molecule has 154 valence electrons. The minimum absolute atomic E-state index is 0.465. The van der Waals surface area contributed by atoms with Crippen molar-refractivity contribution < 1.29 is 9.47 Å². The third kappa shape index (κ3) is 7.85. The molecule has 0 heterocycles. The van der Waals surface area contributed by atoms with Gasteiger partial charge in [-0.25, -0.2) is 0 Å². The van der Waals surface area contributed by atoms with Crippen LogP contribution in [0.2, 0.25) is 0 Å². The van der Waals surface area contributed by atoms with E-state index in [0.29, 0.717) is 24.9 Å². The van der Waals surface area contributed by atoms with E-state index in [9.17, 15) is 0 Å². The van der Waals surface area contributed by atoms with Crippen LogP contribution in [-0.2, 0) is 6.54 Å². The molecule has 0 saturated heterocycles. The molecule has 3 aromatic rings. The molecule has 0 unspecified atom stereocenters. The highest BCUT2D eigenvalue weighted by atomic mass is 79.9. The maximum atomic E-state index is 5.70. The third-order valence-electron chi connectivity index (χ3n) is 3.99. The van der Waals surface area contributed by atoms with Gasteiger partial charge >= 0.3 is 0 Å². The van der Waals surface area contributed by atoms with Gasteiger partial charge < -0.3 is 14.8 Å². The highest BCUT2D eigenvalue weighted by Gasteiger charge is 1.98. The van der Waals surface area contributed by atoms with E-state index >= 15 is 0 Å². The molecule has 3 rings (SSSR count). The Bertz CT molecular complexity index is 948. The molecule has 7 heteroatoms. The SMILES string of the molecule is S=C(NCc1ccccc1)N/N=C/c1ccc(OCCOc2ccc(Br)cc2)cc1. The summed E-state index contributed by atoms with van der Waals surface area (Å²) in [5.74, 6) is 1.59. The predicted molar refractivity (Wildman–Crippen MR) is 128 cm³/mol. The first kappa shape index (κ1) is 21.8. The van der Waals surface area contributed by atoms with E-state index in [1.54, 1.807) is 6.21 Å². The lowest BCUT2D eigenvalue weighted by Gasteiger charge is -2.09. The highest BCUT2D eigenvalue weighted by molar-refractivity contribution is 9.10. The van der Waals surface area contributed by atoms with Crippen LogP contribution in [-0.4, -0.2) is 24.5 Å². The molecular formula is C23H22BrN3O2S. The van der Waals surface area contributed by atoms with Gasteiger partial charge in [0.1, 0.15) is 24.7 Å². The fraction of sp³-hybridized carbons (Fsp3) is 0.130. The molecule has 2 N–H and O–H groups in total. The van der Waals surface area contributed by atoms with Gasteiger partial charge in [0.05, 0.1) is 6.21 Å². The molecule has 0 spiro atoms. The van der Waals surface area contributed by atoms with Gasteiger partial charge in [0, 0.05) is 11.0 Å². The van der Waals surface area contributed by atoms with Gasteiger partial charge in [0.25, 0.3) is 0 Å². The average molecular weight is 484 g/mol. The maximum Gasteiger partial charge on any atom is 0.187 e. The molecule has 0 aliphatic heterocycles. The molecule has 0 atom stereocenters. The highest BCUT2D eigenvalue weighted by Crippen LogP contribution is 2.16. The van der Waals surface area contributed by atoms with E-state index in [0.717, 1.165) is 27.1 Å². The fourth-order valence-corrected chi connectivity index (χ4v) is 2.87. The Hall–Kier alpha value is -2.90. The van der Waals surface area contributed by atoms with Crippen LogP contribution in [0.4, 0.5) is 0 Å². The Kier molecular flexibility index (Phi) is 8.68. The number of rotatable bonds is 9. The molecule has 0 radical (unpaired) electrons. The summed E-state index contributed by atoms with van der Waals surface area (Å²) in [6, 6.07) is 25.4. The van der Waals surface area contributed by atoms with Crippen molar-refractivity contribution in [2.24, 2.45) is 5.10 Å². The summed E-state index contributed by atoms with van der Waals surface area (Å²) in [6.45, 7) is 1.59. The zero-order valence-electron chi connectivity index (χ0n) is 16.3. The quantitative estimate of drug-likeness (QED) is 0.196. The van der Waals surface area contributed by atoms with Crippen LogP contribution in [0.3, 0.4) is 0 Å². The fourth-order valence-electron chi connectivity index (χ4n) is 2.48. The Morgan fingerprint density at radius 3 is 2.10 bits per heavy atom. The average Bonchev–Trinajstić information content (AvgIpc) is 2.78. The summed E-state index contributed by atoms with van der Waals surface area (Å²) >= 11 is 8.62. The molecule has 0 saturated carbocycles. The smallest absolute Gasteiger partial charge is 0.187 e. The van der Waals surface area contributed by atoms with Gasteiger partial charge in [0.2, 0.25) is 0 Å². The van der Waals surface area contributed by atoms with Crippen molar-refractivity contribution >= 4 is 39.5 Å². The molecule has 0 amide bonds. The second kappa shape index (κ2) is 11.9. The summed E-state index contributed by atoms with van der Waals surface area (Å²) in [6.07, 6.45) is 1.71. The Morgan fingerprint density at radius 2 is 1.47 bits per heavy atom. The van der Waals surface area contributed by atoms with Gasteiger partial charge in [-0.15, -0.1) is 0 Å². The number of ether oxygens (including phenoxy) is 2. The topological polar surface area (TPSA) is 54.9 Å². The third-order valence-corrected chi connectivity index (χ3v) is 4.75. The monoisotopic (exact) mass is 483 g/mol. The number of hydrazone groups is 1. The zero-order valence-corrected chi connectivity index (χ0v) is 18.7. The molecule has 0 fully saturated rings. The normalized spacial score (nSPS) is 10.6. The van der Waals surface area contributed by atoms with E-state index in [1.807, 2.05) is 78.9 Å². The van der Waals surface area contributed by atoms with Crippen molar-refractivity contribution in [2.75, 3.05) is 13.2 Å². The van der Waals surface area contributed by atoms with Crippen LogP contribution in [0.15, 0.2) is 88.4 Å². The van der Waals surface area contributed by atoms with Crippen molar-refractivity contribution in [3.8, 4) is 11.5 Å². The standard InChI is InChI=1S/C23H22BrN3O2S/c24-20-8-12-22(13-9-20)29-15-14-28-21-10-6-19(7-11-21)17-26-27-23(30)25-16-18-4-2-1-3-5-18/h1-13,17H,14-16H2,(H2,25,27,30)/b26-17+. The summed E-state index contributed by atoms with van der Waals surface area (Å²) < 4.78 is 12.4. The largest absolute Gasteiger partial charge is 0.490 e. The predicted octanol–water partition coefficient (Wildman–Crippen LogP) is 4.91. The van der Waals surface area contributed by atoms with Crippen LogP contribution >= 0.6 is 28.1 Å². The van der Waals surface area contributed by atoms with Gasteiger partial charge in [-0.05, 0) is 71.9 Å². The number of hydrogen-bond acceptors (Lipinski definition) is 4. The minimum Gasteiger partial charge on any atom is -0.490 e. The van der Waals surface area contributed by atoms with Crippen molar-refractivity contribution in [2.45, 2.75) is 6.54 Å². The number of nitrogens with one attached hydrogen (secondary N) is 2. The minimum atomic E-state index is 0.465. The van der Waals surface area contributed by atoms with Crippen molar-refractivity contribution in [3.63, 3.8) is 0 Å². The van der Waals surface area contributed by atoms with Gasteiger partial charge in [-0.3, -0.25) is 5.43 Å². The summed E-state index contributed by atoms with van der Waals surface area (Å²) in [7, 11) is 0. The Balaban J connectivity index is 1.34. The van der Waals surface area contributed by atoms with Crippen molar-refractivity contribution in [1.29, 1.82) is 0 Å². The molecule has 0 aromatic heterocycles. The zero-order chi connectivity index (χ0) is 21.0. The van der Waals surface area contributed by atoms with E-state index in [2.05, 4.69) is 31.8 Å². The molecule has 5 nitrogen and oxygen atoms in total.